The lowest BCUT2D eigenvalue weighted by molar-refractivity contribution is 0.195. The monoisotopic (exact) mass is 802 g/mol. The molecule has 310 valence electrons. The van der Waals surface area contributed by atoms with Crippen LogP contribution < -0.4 is 31.1 Å². The smallest absolute Gasteiger partial charge is 0.252 e. The topological polar surface area (TPSA) is 9.72 Å². The molecule has 10 rings (SSSR count). The summed E-state index contributed by atoms with van der Waals surface area (Å²) in [5.74, 6) is 0. The fourth-order valence-corrected chi connectivity index (χ4v) is 11.6. The van der Waals surface area contributed by atoms with Crippen molar-refractivity contribution in [3.8, 4) is 0 Å². The van der Waals surface area contributed by atoms with Gasteiger partial charge in [0.15, 0.2) is 0 Å². The maximum Gasteiger partial charge on any atom is 0.252 e. The third-order valence-electron chi connectivity index (χ3n) is 15.3. The average molecular weight is 802 g/mol. The van der Waals surface area contributed by atoms with E-state index in [2.05, 4.69) is 219 Å². The summed E-state index contributed by atoms with van der Waals surface area (Å²) in [6, 6.07) is 47.8. The Kier molecular flexibility index (Phi) is 8.76. The quantitative estimate of drug-likeness (QED) is 0.165. The van der Waals surface area contributed by atoms with Gasteiger partial charge in [-0.05, 0) is 148 Å². The molecule has 2 unspecified atom stereocenters. The van der Waals surface area contributed by atoms with E-state index in [4.69, 9.17) is 0 Å². The van der Waals surface area contributed by atoms with Gasteiger partial charge in [-0.1, -0.05) is 143 Å². The van der Waals surface area contributed by atoms with Crippen LogP contribution in [0.15, 0.2) is 121 Å². The lowest BCUT2D eigenvalue weighted by atomic mass is 9.33. The molecule has 2 atom stereocenters. The number of rotatable bonds is 3. The van der Waals surface area contributed by atoms with E-state index in [0.29, 0.717) is 0 Å². The number of benzene rings is 6. The molecule has 0 spiro atoms. The van der Waals surface area contributed by atoms with Crippen LogP contribution in [-0.2, 0) is 21.7 Å². The highest BCUT2D eigenvalue weighted by Gasteiger charge is 2.57. The highest BCUT2D eigenvalue weighted by molar-refractivity contribution is 7.00. The van der Waals surface area contributed by atoms with Crippen LogP contribution in [0, 0.1) is 6.92 Å². The van der Waals surface area contributed by atoms with Gasteiger partial charge in [-0.2, -0.15) is 0 Å². The van der Waals surface area contributed by atoms with Crippen molar-refractivity contribution >= 4 is 68.6 Å². The Morgan fingerprint density at radius 2 is 1.03 bits per heavy atom. The number of aryl methyl sites for hydroxylation is 1. The van der Waals surface area contributed by atoms with Gasteiger partial charge >= 0.3 is 0 Å². The van der Waals surface area contributed by atoms with Crippen molar-refractivity contribution in [1.82, 2.24) is 0 Å². The van der Waals surface area contributed by atoms with Crippen molar-refractivity contribution in [2.24, 2.45) is 0 Å². The minimum Gasteiger partial charge on any atom is -0.334 e. The van der Waals surface area contributed by atoms with Crippen LogP contribution in [0.1, 0.15) is 130 Å². The number of fused-ring (bicyclic) bond motifs is 7. The number of anilines is 8. The Bertz CT molecular complexity index is 2720. The van der Waals surface area contributed by atoms with Crippen molar-refractivity contribution < 1.29 is 0 Å². The molecule has 3 nitrogen and oxygen atoms in total. The molecule has 0 amide bonds. The first-order valence-electron chi connectivity index (χ1n) is 22.9. The normalized spacial score (nSPS) is 20.5. The van der Waals surface area contributed by atoms with E-state index in [1.54, 1.807) is 0 Å². The van der Waals surface area contributed by atoms with Gasteiger partial charge in [0.05, 0.1) is 5.54 Å². The lowest BCUT2D eigenvalue weighted by Gasteiger charge is -2.50. The van der Waals surface area contributed by atoms with E-state index in [-0.39, 0.29) is 33.9 Å². The Labute approximate surface area is 366 Å². The molecule has 4 heteroatoms. The summed E-state index contributed by atoms with van der Waals surface area (Å²) in [5.41, 5.74) is 21.2. The first-order chi connectivity index (χ1) is 28.8. The van der Waals surface area contributed by atoms with Crippen LogP contribution in [-0.4, -0.2) is 12.3 Å². The zero-order chi connectivity index (χ0) is 43.0. The minimum atomic E-state index is -0.0262. The minimum absolute atomic E-state index is 0.00284. The molecule has 61 heavy (non-hydrogen) atoms. The first-order valence-corrected chi connectivity index (χ1v) is 22.9. The van der Waals surface area contributed by atoms with Crippen molar-refractivity contribution in [1.29, 1.82) is 0 Å². The van der Waals surface area contributed by atoms with Crippen LogP contribution in [0.25, 0.3) is 0 Å². The van der Waals surface area contributed by atoms with Crippen LogP contribution in [0.5, 0.6) is 0 Å². The van der Waals surface area contributed by atoms with Gasteiger partial charge in [0.25, 0.3) is 6.71 Å². The summed E-state index contributed by atoms with van der Waals surface area (Å²) >= 11 is 0. The van der Waals surface area contributed by atoms with Gasteiger partial charge < -0.3 is 14.7 Å². The van der Waals surface area contributed by atoms with Crippen molar-refractivity contribution in [3.63, 3.8) is 0 Å². The number of para-hydroxylation sites is 1. The zero-order valence-corrected chi connectivity index (χ0v) is 38.8. The average Bonchev–Trinajstić information content (AvgIpc) is 3.42. The van der Waals surface area contributed by atoms with Crippen molar-refractivity contribution in [2.75, 3.05) is 14.7 Å². The number of nitrogens with zero attached hydrogens (tertiary/aromatic N) is 3. The summed E-state index contributed by atoms with van der Waals surface area (Å²) in [4.78, 5) is 7.94. The molecule has 3 aliphatic heterocycles. The molecule has 0 N–H and O–H groups in total. The fourth-order valence-electron chi connectivity index (χ4n) is 11.6. The van der Waals surface area contributed by atoms with Crippen LogP contribution >= 0.6 is 0 Å². The predicted octanol–water partition coefficient (Wildman–Crippen LogP) is 13.7. The van der Waals surface area contributed by atoms with Gasteiger partial charge in [0, 0.05) is 50.9 Å². The van der Waals surface area contributed by atoms with E-state index < -0.39 is 0 Å². The van der Waals surface area contributed by atoms with Gasteiger partial charge in [0.2, 0.25) is 0 Å². The Balaban J connectivity index is 1.26. The second-order valence-electron chi connectivity index (χ2n) is 22.4. The first kappa shape index (κ1) is 39.9. The second kappa shape index (κ2) is 13.4. The Morgan fingerprint density at radius 1 is 0.475 bits per heavy atom. The van der Waals surface area contributed by atoms with Gasteiger partial charge in [0.1, 0.15) is 0 Å². The van der Waals surface area contributed by atoms with Gasteiger partial charge in [-0.25, -0.2) is 0 Å². The van der Waals surface area contributed by atoms with Gasteiger partial charge in [-0.3, -0.25) is 0 Å². The molecule has 1 saturated carbocycles. The molecule has 4 aliphatic rings. The highest BCUT2D eigenvalue weighted by atomic mass is 15.3. The number of hydrogen-bond donors (Lipinski definition) is 0. The lowest BCUT2D eigenvalue weighted by Crippen LogP contribution is -2.61. The molecule has 0 saturated heterocycles. The third kappa shape index (κ3) is 5.98. The van der Waals surface area contributed by atoms with Crippen LogP contribution in [0.3, 0.4) is 0 Å². The summed E-state index contributed by atoms with van der Waals surface area (Å²) in [6.07, 6.45) is 4.93. The molecule has 1 aliphatic carbocycles. The van der Waals surface area contributed by atoms with Crippen molar-refractivity contribution in [2.45, 2.75) is 136 Å². The summed E-state index contributed by atoms with van der Waals surface area (Å²) in [6.45, 7) is 28.4. The maximum atomic E-state index is 2.74. The summed E-state index contributed by atoms with van der Waals surface area (Å²) in [7, 11) is 0. The molecule has 3 heterocycles. The summed E-state index contributed by atoms with van der Waals surface area (Å²) < 4.78 is 0. The zero-order valence-electron chi connectivity index (χ0n) is 38.8. The van der Waals surface area contributed by atoms with E-state index in [1.165, 1.54) is 115 Å². The molecule has 0 aromatic heterocycles. The molecule has 0 bridgehead atoms. The largest absolute Gasteiger partial charge is 0.334 e. The molecular formula is C57H64BN3. The molecule has 6 aromatic rings. The Morgan fingerprint density at radius 3 is 1.70 bits per heavy atom. The van der Waals surface area contributed by atoms with E-state index in [9.17, 15) is 0 Å². The standard InChI is InChI=1S/C57H64BN3/c1-37-32-50-52-51(33-37)60(42-19-17-18-39(34-42)54(5,6)7)48-35-40(55(8,9)10)24-28-45(48)58(52)46-29-27-43(36-49(46)59(50)41-25-22-38(23-26-41)53(2,3)4)61-47-21-14-13-20-44(47)56(11)30-15-16-31-57(56,61)12/h13-14,17-29,32-36H,15-16,30-31H2,1-12H3. The molecule has 0 radical (unpaired) electrons. The molecular weight excluding hydrogens is 737 g/mol. The maximum absolute atomic E-state index is 2.74. The van der Waals surface area contributed by atoms with Crippen LogP contribution in [0.2, 0.25) is 0 Å². The molecule has 6 aromatic carbocycles. The SMILES string of the molecule is Cc1cc2c3c(c1)N(c1cccc(C(C)(C)C)c1)c1cc(C(C)(C)C)ccc1B3c1ccc(N3c4ccccc4C4(C)CCCCC34C)cc1N2c1ccc(C(C)(C)C)cc1. The second-order valence-corrected chi connectivity index (χ2v) is 22.4. The van der Waals surface area contributed by atoms with Crippen molar-refractivity contribution in [3.05, 3.63) is 149 Å². The van der Waals surface area contributed by atoms with Crippen LogP contribution in [0.4, 0.5) is 45.5 Å². The third-order valence-corrected chi connectivity index (χ3v) is 15.3. The van der Waals surface area contributed by atoms with Gasteiger partial charge in [-0.15, -0.1) is 0 Å². The number of hydrogen-bond acceptors (Lipinski definition) is 3. The predicted molar refractivity (Wildman–Crippen MR) is 264 cm³/mol. The summed E-state index contributed by atoms with van der Waals surface area (Å²) in [5, 5.41) is 0. The molecule has 1 fully saturated rings. The highest BCUT2D eigenvalue weighted by Crippen LogP contribution is 2.61. The Hall–Kier alpha value is -5.22. The van der Waals surface area contributed by atoms with E-state index in [1.807, 2.05) is 0 Å². The van der Waals surface area contributed by atoms with E-state index >= 15 is 0 Å². The van der Waals surface area contributed by atoms with E-state index in [0.717, 1.165) is 0 Å². The fraction of sp³-hybridized carbons (Fsp3) is 0.368.